The summed E-state index contributed by atoms with van der Waals surface area (Å²) >= 11 is 0. The molecule has 3 heteroatoms. The minimum atomic E-state index is -1.79. The second-order valence-corrected chi connectivity index (χ2v) is 21.3. The predicted octanol–water partition coefficient (Wildman–Crippen LogP) is 7.69. The highest BCUT2D eigenvalue weighted by Gasteiger charge is 2.51. The average molecular weight is 403 g/mol. The molecule has 2 aliphatic rings. The molecule has 0 saturated carbocycles. The standard InChI is InChI=1S/C24H42OSi2/c1-22(2,3)27(9,10)25-21-18-20-14-13-16-24(20,23(4,5)19-21)15-11-12-17-26(6,7)8/h14,18H,11,13,15-16,19H2,1-10H3. The highest BCUT2D eigenvalue weighted by molar-refractivity contribution is 6.83. The second kappa shape index (κ2) is 7.27. The van der Waals surface area contributed by atoms with Gasteiger partial charge < -0.3 is 4.43 Å². The van der Waals surface area contributed by atoms with E-state index in [4.69, 9.17) is 4.43 Å². The summed E-state index contributed by atoms with van der Waals surface area (Å²) in [5, 5.41) is 0.239. The van der Waals surface area contributed by atoms with Gasteiger partial charge in [-0.2, -0.15) is 0 Å². The van der Waals surface area contributed by atoms with Crippen LogP contribution in [0, 0.1) is 22.3 Å². The van der Waals surface area contributed by atoms with Gasteiger partial charge in [-0.1, -0.05) is 60.3 Å². The predicted molar refractivity (Wildman–Crippen MR) is 125 cm³/mol. The summed E-state index contributed by atoms with van der Waals surface area (Å²) < 4.78 is 6.74. The van der Waals surface area contributed by atoms with Crippen molar-refractivity contribution in [1.29, 1.82) is 0 Å². The van der Waals surface area contributed by atoms with E-state index in [1.165, 1.54) is 30.6 Å². The summed E-state index contributed by atoms with van der Waals surface area (Å²) in [6.07, 6.45) is 10.6. The van der Waals surface area contributed by atoms with E-state index in [0.29, 0.717) is 0 Å². The van der Waals surface area contributed by atoms with Crippen molar-refractivity contribution in [1.82, 2.24) is 0 Å². The molecule has 0 aromatic carbocycles. The molecule has 0 fully saturated rings. The van der Waals surface area contributed by atoms with Gasteiger partial charge in [0.1, 0.15) is 8.07 Å². The molecule has 1 atom stereocenters. The summed E-state index contributed by atoms with van der Waals surface area (Å²) in [6.45, 7) is 23.6. The third-order valence-electron chi connectivity index (χ3n) is 7.05. The molecule has 0 heterocycles. The van der Waals surface area contributed by atoms with Crippen molar-refractivity contribution in [3.05, 3.63) is 23.5 Å². The first-order valence-electron chi connectivity index (χ1n) is 10.7. The van der Waals surface area contributed by atoms with E-state index in [1.54, 1.807) is 0 Å². The van der Waals surface area contributed by atoms with Crippen molar-refractivity contribution >= 4 is 16.4 Å². The lowest BCUT2D eigenvalue weighted by Gasteiger charge is -2.50. The van der Waals surface area contributed by atoms with Gasteiger partial charge in [0.05, 0.1) is 5.76 Å². The molecule has 0 aliphatic heterocycles. The van der Waals surface area contributed by atoms with Crippen LogP contribution in [0.2, 0.25) is 37.8 Å². The Morgan fingerprint density at radius 3 is 2.30 bits per heavy atom. The monoisotopic (exact) mass is 402 g/mol. The number of hydrogen-bond donors (Lipinski definition) is 0. The lowest BCUT2D eigenvalue weighted by atomic mass is 9.56. The van der Waals surface area contributed by atoms with Gasteiger partial charge in [-0.05, 0) is 54.5 Å². The highest BCUT2D eigenvalue weighted by Crippen LogP contribution is 2.61. The van der Waals surface area contributed by atoms with Gasteiger partial charge in [0.2, 0.25) is 8.32 Å². The number of hydrogen-bond acceptors (Lipinski definition) is 1. The fourth-order valence-electron chi connectivity index (χ4n) is 4.33. The van der Waals surface area contributed by atoms with Crippen LogP contribution in [0.4, 0.5) is 0 Å². The molecule has 2 aliphatic carbocycles. The van der Waals surface area contributed by atoms with E-state index in [-0.39, 0.29) is 15.9 Å². The maximum absolute atomic E-state index is 6.74. The molecule has 0 spiro atoms. The minimum absolute atomic E-state index is 0.225. The fourth-order valence-corrected chi connectivity index (χ4v) is 6.07. The fraction of sp³-hybridized carbons (Fsp3) is 0.750. The smallest absolute Gasteiger partial charge is 0.250 e. The van der Waals surface area contributed by atoms with Crippen LogP contribution >= 0.6 is 0 Å². The molecule has 0 aromatic rings. The molecular weight excluding hydrogens is 360 g/mol. The van der Waals surface area contributed by atoms with Crippen molar-refractivity contribution in [3.63, 3.8) is 0 Å². The Kier molecular flexibility index (Phi) is 6.07. The largest absolute Gasteiger partial charge is 0.546 e. The highest BCUT2D eigenvalue weighted by atomic mass is 28.4. The second-order valence-electron chi connectivity index (χ2n) is 11.9. The van der Waals surface area contributed by atoms with Gasteiger partial charge in [-0.3, -0.25) is 0 Å². The van der Waals surface area contributed by atoms with Gasteiger partial charge in [-0.25, -0.2) is 0 Å². The van der Waals surface area contributed by atoms with Crippen LogP contribution in [0.15, 0.2) is 23.5 Å². The molecule has 0 radical (unpaired) electrons. The maximum Gasteiger partial charge on any atom is 0.250 e. The van der Waals surface area contributed by atoms with Crippen LogP contribution in [-0.2, 0) is 4.43 Å². The molecule has 27 heavy (non-hydrogen) atoms. The molecule has 0 bridgehead atoms. The Hall–Kier alpha value is -0.726. The lowest BCUT2D eigenvalue weighted by molar-refractivity contribution is 0.0799. The van der Waals surface area contributed by atoms with E-state index in [2.05, 4.69) is 91.0 Å². The molecule has 0 N–H and O–H groups in total. The number of rotatable bonds is 4. The molecule has 152 valence electrons. The molecule has 0 aromatic heterocycles. The van der Waals surface area contributed by atoms with Crippen LogP contribution < -0.4 is 0 Å². The molecule has 0 saturated heterocycles. The molecular formula is C24H42OSi2. The SMILES string of the molecule is CC1(C)CC(O[Si](C)(C)C(C)(C)C)=CC2=CCCC21CCC#C[Si](C)(C)C. The maximum atomic E-state index is 6.74. The topological polar surface area (TPSA) is 9.23 Å². The quantitative estimate of drug-likeness (QED) is 0.346. The number of fused-ring (bicyclic) bond motifs is 1. The Morgan fingerprint density at radius 1 is 1.11 bits per heavy atom. The Labute approximate surface area is 171 Å². The van der Waals surface area contributed by atoms with E-state index in [9.17, 15) is 0 Å². The third-order valence-corrected chi connectivity index (χ3v) is 12.4. The lowest BCUT2D eigenvalue weighted by Crippen LogP contribution is -2.44. The van der Waals surface area contributed by atoms with Gasteiger partial charge in [-0.15, -0.1) is 11.5 Å². The first-order valence-corrected chi connectivity index (χ1v) is 17.1. The van der Waals surface area contributed by atoms with Crippen LogP contribution in [0.1, 0.15) is 66.7 Å². The third kappa shape index (κ3) is 4.82. The molecule has 1 unspecified atom stereocenters. The Balaban J connectivity index is 2.26. The molecule has 1 nitrogen and oxygen atoms in total. The van der Waals surface area contributed by atoms with Crippen molar-refractivity contribution in [3.8, 4) is 11.5 Å². The first kappa shape index (κ1) is 22.6. The summed E-state index contributed by atoms with van der Waals surface area (Å²) in [7, 11) is -3.06. The van der Waals surface area contributed by atoms with Gasteiger partial charge in [0.25, 0.3) is 0 Å². The van der Waals surface area contributed by atoms with Crippen LogP contribution in [-0.4, -0.2) is 16.4 Å². The Morgan fingerprint density at radius 2 is 1.74 bits per heavy atom. The summed E-state index contributed by atoms with van der Waals surface area (Å²) in [6, 6.07) is 0. The molecule has 0 amide bonds. The van der Waals surface area contributed by atoms with E-state index in [1.807, 2.05) is 0 Å². The normalized spacial score (nSPS) is 25.1. The zero-order valence-electron chi connectivity index (χ0n) is 19.6. The van der Waals surface area contributed by atoms with Crippen molar-refractivity contribution in [2.24, 2.45) is 10.8 Å². The zero-order chi connectivity index (χ0) is 20.7. The van der Waals surface area contributed by atoms with E-state index < -0.39 is 16.4 Å². The Bertz CT molecular complexity index is 687. The van der Waals surface area contributed by atoms with Crippen molar-refractivity contribution in [2.75, 3.05) is 0 Å². The zero-order valence-corrected chi connectivity index (χ0v) is 21.6. The summed E-state index contributed by atoms with van der Waals surface area (Å²) in [5.41, 5.74) is 5.59. The number of allylic oxidation sites excluding steroid dienone is 4. The van der Waals surface area contributed by atoms with Gasteiger partial charge in [0.15, 0.2) is 0 Å². The van der Waals surface area contributed by atoms with Crippen LogP contribution in [0.3, 0.4) is 0 Å². The summed E-state index contributed by atoms with van der Waals surface area (Å²) in [5.74, 6) is 4.75. The van der Waals surface area contributed by atoms with E-state index in [0.717, 1.165) is 12.8 Å². The van der Waals surface area contributed by atoms with Crippen LogP contribution in [0.5, 0.6) is 0 Å². The van der Waals surface area contributed by atoms with Gasteiger partial charge >= 0.3 is 0 Å². The average Bonchev–Trinajstić information content (AvgIpc) is 2.85. The van der Waals surface area contributed by atoms with Crippen molar-refractivity contribution in [2.45, 2.75) is 104 Å². The molecule has 2 rings (SSSR count). The summed E-state index contributed by atoms with van der Waals surface area (Å²) in [4.78, 5) is 0. The van der Waals surface area contributed by atoms with Crippen molar-refractivity contribution < 1.29 is 4.43 Å². The minimum Gasteiger partial charge on any atom is -0.546 e. The van der Waals surface area contributed by atoms with Crippen LogP contribution in [0.25, 0.3) is 0 Å². The van der Waals surface area contributed by atoms with E-state index >= 15 is 0 Å². The van der Waals surface area contributed by atoms with Gasteiger partial charge in [0, 0.05) is 18.3 Å². The first-order chi connectivity index (χ1) is 12.1.